The molecule has 1 aromatic heterocycles. The number of rotatable bonds is 5. The number of hydrogen-bond acceptors (Lipinski definition) is 4. The van der Waals surface area contributed by atoms with Crippen LogP contribution in [0.5, 0.6) is 0 Å². The molecule has 17 heavy (non-hydrogen) atoms. The van der Waals surface area contributed by atoms with E-state index in [0.29, 0.717) is 11.8 Å². The van der Waals surface area contributed by atoms with E-state index in [1.54, 1.807) is 12.4 Å². The summed E-state index contributed by atoms with van der Waals surface area (Å²) in [6.07, 6.45) is 6.91. The third-order valence-corrected chi connectivity index (χ3v) is 3.35. The molecule has 2 heterocycles. The van der Waals surface area contributed by atoms with Crippen LogP contribution in [0.15, 0.2) is 12.4 Å². The largest absolute Gasteiger partial charge is 0.375 e. The molecule has 1 aliphatic heterocycles. The van der Waals surface area contributed by atoms with E-state index in [2.05, 4.69) is 15.3 Å². The average Bonchev–Trinajstić information content (AvgIpc) is 2.38. The van der Waals surface area contributed by atoms with E-state index in [4.69, 9.17) is 16.3 Å². The van der Waals surface area contributed by atoms with Crippen LogP contribution < -0.4 is 5.32 Å². The number of nitrogens with one attached hydrogen (secondary N) is 1. The zero-order chi connectivity index (χ0) is 11.9. The highest BCUT2D eigenvalue weighted by atomic mass is 35.5. The van der Waals surface area contributed by atoms with Crippen LogP contribution in [0.25, 0.3) is 0 Å². The Balaban J connectivity index is 1.64. The maximum atomic E-state index is 5.89. The van der Waals surface area contributed by atoms with Gasteiger partial charge in [0.2, 0.25) is 0 Å². The van der Waals surface area contributed by atoms with Crippen molar-refractivity contribution in [3.8, 4) is 0 Å². The summed E-state index contributed by atoms with van der Waals surface area (Å²) in [4.78, 5) is 8.09. The zero-order valence-electron chi connectivity index (χ0n) is 9.86. The molecule has 0 radical (unpaired) electrons. The predicted molar refractivity (Wildman–Crippen MR) is 66.9 cm³/mol. The first-order valence-electron chi connectivity index (χ1n) is 6.10. The molecule has 1 aromatic rings. The van der Waals surface area contributed by atoms with Crippen molar-refractivity contribution in [3.05, 3.63) is 23.2 Å². The number of piperidine rings is 1. The second kappa shape index (κ2) is 6.89. The summed E-state index contributed by atoms with van der Waals surface area (Å²) in [5.74, 6) is 0.751. The summed E-state index contributed by atoms with van der Waals surface area (Å²) in [6.45, 7) is 3.49. The van der Waals surface area contributed by atoms with Gasteiger partial charge in [-0.05, 0) is 38.3 Å². The van der Waals surface area contributed by atoms with Gasteiger partial charge in [0, 0.05) is 19.0 Å². The van der Waals surface area contributed by atoms with Crippen LogP contribution in [0.1, 0.15) is 25.0 Å². The summed E-state index contributed by atoms with van der Waals surface area (Å²) in [7, 11) is 0. The van der Waals surface area contributed by atoms with Gasteiger partial charge in [-0.2, -0.15) is 0 Å². The van der Waals surface area contributed by atoms with Gasteiger partial charge in [-0.1, -0.05) is 11.6 Å². The van der Waals surface area contributed by atoms with Crippen LogP contribution in [-0.2, 0) is 11.3 Å². The standard InChI is InChI=1S/C12H18ClN3O/c13-12-11(15-5-6-16-12)9-17-7-3-10-2-1-4-14-8-10/h5-6,10,14H,1-4,7-9H2/t10-/m1/s1. The molecule has 0 saturated carbocycles. The Hall–Kier alpha value is -0.710. The quantitative estimate of drug-likeness (QED) is 0.818. The maximum Gasteiger partial charge on any atom is 0.152 e. The number of nitrogens with zero attached hydrogens (tertiary/aromatic N) is 2. The second-order valence-electron chi connectivity index (χ2n) is 4.35. The van der Waals surface area contributed by atoms with Crippen LogP contribution in [0.4, 0.5) is 0 Å². The van der Waals surface area contributed by atoms with Crippen molar-refractivity contribution >= 4 is 11.6 Å². The first-order valence-corrected chi connectivity index (χ1v) is 6.48. The summed E-state index contributed by atoms with van der Waals surface area (Å²) in [5.41, 5.74) is 0.718. The number of ether oxygens (including phenoxy) is 1. The van der Waals surface area contributed by atoms with Crippen LogP contribution in [-0.4, -0.2) is 29.7 Å². The molecule has 0 unspecified atom stereocenters. The third kappa shape index (κ3) is 4.22. The van der Waals surface area contributed by atoms with E-state index in [-0.39, 0.29) is 0 Å². The van der Waals surface area contributed by atoms with Gasteiger partial charge in [0.1, 0.15) is 5.69 Å². The van der Waals surface area contributed by atoms with E-state index in [0.717, 1.165) is 37.7 Å². The highest BCUT2D eigenvalue weighted by molar-refractivity contribution is 6.29. The van der Waals surface area contributed by atoms with E-state index in [9.17, 15) is 0 Å². The lowest BCUT2D eigenvalue weighted by molar-refractivity contribution is 0.101. The highest BCUT2D eigenvalue weighted by Crippen LogP contribution is 2.15. The Kier molecular flexibility index (Phi) is 5.16. The first-order chi connectivity index (χ1) is 8.36. The lowest BCUT2D eigenvalue weighted by Gasteiger charge is -2.22. The normalized spacial score (nSPS) is 20.4. The van der Waals surface area contributed by atoms with Crippen LogP contribution in [0.2, 0.25) is 5.15 Å². The molecular formula is C12H18ClN3O. The lowest BCUT2D eigenvalue weighted by atomic mass is 9.97. The van der Waals surface area contributed by atoms with Gasteiger partial charge in [0.25, 0.3) is 0 Å². The van der Waals surface area contributed by atoms with Crippen molar-refractivity contribution in [2.45, 2.75) is 25.9 Å². The van der Waals surface area contributed by atoms with Crippen molar-refractivity contribution in [1.29, 1.82) is 0 Å². The number of hydrogen-bond donors (Lipinski definition) is 1. The van der Waals surface area contributed by atoms with Gasteiger partial charge in [-0.3, -0.25) is 4.98 Å². The molecule has 1 saturated heterocycles. The minimum absolute atomic E-state index is 0.437. The molecule has 2 rings (SSSR count). The van der Waals surface area contributed by atoms with Crippen molar-refractivity contribution in [2.75, 3.05) is 19.7 Å². The minimum Gasteiger partial charge on any atom is -0.375 e. The van der Waals surface area contributed by atoms with Crippen molar-refractivity contribution < 1.29 is 4.74 Å². The predicted octanol–water partition coefficient (Wildman–Crippen LogP) is 2.04. The molecule has 1 fully saturated rings. The van der Waals surface area contributed by atoms with E-state index < -0.39 is 0 Å². The summed E-state index contributed by atoms with van der Waals surface area (Å²) in [6, 6.07) is 0. The average molecular weight is 256 g/mol. The van der Waals surface area contributed by atoms with E-state index in [1.165, 1.54) is 12.8 Å². The van der Waals surface area contributed by atoms with Gasteiger partial charge in [0.15, 0.2) is 5.15 Å². The van der Waals surface area contributed by atoms with Gasteiger partial charge in [-0.15, -0.1) is 0 Å². The van der Waals surface area contributed by atoms with Crippen LogP contribution in [0.3, 0.4) is 0 Å². The Labute approximate surface area is 107 Å². The topological polar surface area (TPSA) is 47.0 Å². The molecule has 1 N–H and O–H groups in total. The van der Waals surface area contributed by atoms with Crippen molar-refractivity contribution in [1.82, 2.24) is 15.3 Å². The molecule has 5 heteroatoms. The smallest absolute Gasteiger partial charge is 0.152 e. The molecule has 0 aliphatic carbocycles. The molecule has 1 aliphatic rings. The number of aromatic nitrogens is 2. The highest BCUT2D eigenvalue weighted by Gasteiger charge is 2.12. The molecule has 0 amide bonds. The van der Waals surface area contributed by atoms with Crippen molar-refractivity contribution in [3.63, 3.8) is 0 Å². The number of halogens is 1. The molecule has 94 valence electrons. The fourth-order valence-corrected chi connectivity index (χ4v) is 2.20. The van der Waals surface area contributed by atoms with Crippen LogP contribution >= 0.6 is 11.6 Å². The van der Waals surface area contributed by atoms with Gasteiger partial charge in [-0.25, -0.2) is 4.98 Å². The van der Waals surface area contributed by atoms with Gasteiger partial charge < -0.3 is 10.1 Å². The fraction of sp³-hybridized carbons (Fsp3) is 0.667. The molecule has 0 spiro atoms. The maximum absolute atomic E-state index is 5.89. The Morgan fingerprint density at radius 3 is 3.06 bits per heavy atom. The van der Waals surface area contributed by atoms with E-state index in [1.807, 2.05) is 0 Å². The molecule has 1 atom stereocenters. The summed E-state index contributed by atoms with van der Waals surface area (Å²) in [5, 5.41) is 3.84. The third-order valence-electron chi connectivity index (χ3n) is 3.03. The molecule has 0 bridgehead atoms. The lowest BCUT2D eigenvalue weighted by Crippen LogP contribution is -2.30. The first kappa shape index (κ1) is 12.7. The fourth-order valence-electron chi connectivity index (χ4n) is 2.04. The van der Waals surface area contributed by atoms with E-state index >= 15 is 0 Å². The molecule has 0 aromatic carbocycles. The summed E-state index contributed by atoms with van der Waals surface area (Å²) >= 11 is 5.89. The summed E-state index contributed by atoms with van der Waals surface area (Å²) < 4.78 is 5.59. The molecular weight excluding hydrogens is 238 g/mol. The SMILES string of the molecule is Clc1nccnc1COCC[C@H]1CCCNC1. The Morgan fingerprint density at radius 2 is 2.29 bits per heavy atom. The zero-order valence-corrected chi connectivity index (χ0v) is 10.6. The Morgan fingerprint density at radius 1 is 1.41 bits per heavy atom. The minimum atomic E-state index is 0.437. The monoisotopic (exact) mass is 255 g/mol. The van der Waals surface area contributed by atoms with Gasteiger partial charge in [0.05, 0.1) is 6.61 Å². The Bertz CT molecular complexity index is 342. The second-order valence-corrected chi connectivity index (χ2v) is 4.71. The molecule has 4 nitrogen and oxygen atoms in total. The van der Waals surface area contributed by atoms with Crippen LogP contribution in [0, 0.1) is 5.92 Å². The van der Waals surface area contributed by atoms with Crippen molar-refractivity contribution in [2.24, 2.45) is 5.92 Å². The van der Waals surface area contributed by atoms with Gasteiger partial charge >= 0.3 is 0 Å².